The second-order valence-corrected chi connectivity index (χ2v) is 7.72. The second-order valence-electron chi connectivity index (χ2n) is 7.32. The van der Waals surface area contributed by atoms with Crippen molar-refractivity contribution in [2.75, 3.05) is 19.6 Å². The summed E-state index contributed by atoms with van der Waals surface area (Å²) < 4.78 is 19.4. The summed E-state index contributed by atoms with van der Waals surface area (Å²) in [6.07, 6.45) is 7.48. The van der Waals surface area contributed by atoms with E-state index in [0.29, 0.717) is 34.8 Å². The van der Waals surface area contributed by atoms with Crippen molar-refractivity contribution < 1.29 is 9.13 Å². The van der Waals surface area contributed by atoms with Crippen LogP contribution in [0.2, 0.25) is 5.02 Å². The van der Waals surface area contributed by atoms with Gasteiger partial charge in [0.25, 0.3) is 0 Å². The molecule has 2 atom stereocenters. The lowest BCUT2D eigenvalue weighted by molar-refractivity contribution is 0.138. The molecular weight excluding hydrogens is 391 g/mol. The van der Waals surface area contributed by atoms with Crippen molar-refractivity contribution in [3.05, 3.63) is 71.1 Å². The van der Waals surface area contributed by atoms with E-state index in [2.05, 4.69) is 35.5 Å². The molecule has 0 amide bonds. The first kappa shape index (κ1) is 23.1. The van der Waals surface area contributed by atoms with Gasteiger partial charge in [0.2, 0.25) is 0 Å². The Bertz CT molecular complexity index is 732. The molecule has 2 rings (SSSR count). The summed E-state index contributed by atoms with van der Waals surface area (Å²) in [6.45, 7) is 10.4. The fraction of sp³-hybridized carbons (Fsp3) is 0.455. The molecule has 0 aromatic heterocycles. The van der Waals surface area contributed by atoms with Crippen LogP contribution in [-0.4, -0.2) is 25.7 Å². The Morgan fingerprint density at radius 1 is 1.41 bits per heavy atom. The number of halogens is 2. The SMILES string of the molecule is C=C/C(OC(C)c1cc(F)ccc1Cl)=C(/N)NCC(C)/C=C\NC1CCNCC1. The first-order valence-electron chi connectivity index (χ1n) is 10.0. The third-order valence-corrected chi connectivity index (χ3v) is 5.21. The molecule has 0 bridgehead atoms. The molecule has 2 unspecified atom stereocenters. The van der Waals surface area contributed by atoms with Gasteiger partial charge in [0, 0.05) is 23.2 Å². The third-order valence-electron chi connectivity index (χ3n) is 4.86. The van der Waals surface area contributed by atoms with Crippen LogP contribution in [0.4, 0.5) is 4.39 Å². The molecule has 0 saturated carbocycles. The van der Waals surface area contributed by atoms with Crippen molar-refractivity contribution in [2.24, 2.45) is 11.7 Å². The average Bonchev–Trinajstić information content (AvgIpc) is 2.72. The molecular formula is C22H32ClFN4O. The molecule has 1 aromatic carbocycles. The fourth-order valence-corrected chi connectivity index (χ4v) is 3.34. The molecule has 1 aliphatic heterocycles. The molecule has 1 aliphatic rings. The third kappa shape index (κ3) is 7.63. The summed E-state index contributed by atoms with van der Waals surface area (Å²) in [6, 6.07) is 4.72. The van der Waals surface area contributed by atoms with E-state index in [1.54, 1.807) is 6.92 Å². The Hall–Kier alpha value is -2.18. The Labute approximate surface area is 178 Å². The lowest BCUT2D eigenvalue weighted by Gasteiger charge is -2.23. The number of hydrogen-bond acceptors (Lipinski definition) is 5. The van der Waals surface area contributed by atoms with Crippen LogP contribution >= 0.6 is 11.6 Å². The van der Waals surface area contributed by atoms with Crippen LogP contribution < -0.4 is 21.7 Å². The molecule has 29 heavy (non-hydrogen) atoms. The van der Waals surface area contributed by atoms with E-state index in [0.717, 1.165) is 25.9 Å². The topological polar surface area (TPSA) is 71.3 Å². The van der Waals surface area contributed by atoms with E-state index < -0.39 is 6.10 Å². The summed E-state index contributed by atoms with van der Waals surface area (Å²) in [5.41, 5.74) is 6.69. The molecule has 5 N–H and O–H groups in total. The van der Waals surface area contributed by atoms with Crippen LogP contribution in [0.15, 0.2) is 54.7 Å². The van der Waals surface area contributed by atoms with Gasteiger partial charge in [0.15, 0.2) is 5.76 Å². The molecule has 1 fully saturated rings. The molecule has 1 aromatic rings. The summed E-state index contributed by atoms with van der Waals surface area (Å²) in [5, 5.41) is 10.4. The van der Waals surface area contributed by atoms with Crippen LogP contribution in [0.5, 0.6) is 0 Å². The predicted octanol–water partition coefficient (Wildman–Crippen LogP) is 3.95. The van der Waals surface area contributed by atoms with Crippen LogP contribution in [0, 0.1) is 11.7 Å². The zero-order valence-corrected chi connectivity index (χ0v) is 17.9. The van der Waals surface area contributed by atoms with E-state index in [9.17, 15) is 4.39 Å². The smallest absolute Gasteiger partial charge is 0.159 e. The van der Waals surface area contributed by atoms with Gasteiger partial charge >= 0.3 is 0 Å². The molecule has 0 radical (unpaired) electrons. The Morgan fingerprint density at radius 2 is 2.14 bits per heavy atom. The van der Waals surface area contributed by atoms with Gasteiger partial charge in [-0.05, 0) is 69.2 Å². The molecule has 0 aliphatic carbocycles. The zero-order chi connectivity index (χ0) is 21.2. The molecule has 1 heterocycles. The first-order chi connectivity index (χ1) is 13.9. The van der Waals surface area contributed by atoms with E-state index in [1.807, 2.05) is 6.20 Å². The quantitative estimate of drug-likeness (QED) is 0.339. The van der Waals surface area contributed by atoms with Gasteiger partial charge in [-0.15, -0.1) is 0 Å². The highest BCUT2D eigenvalue weighted by atomic mass is 35.5. The van der Waals surface area contributed by atoms with Gasteiger partial charge in [0.1, 0.15) is 17.7 Å². The predicted molar refractivity (Wildman–Crippen MR) is 118 cm³/mol. The van der Waals surface area contributed by atoms with Crippen LogP contribution in [0.1, 0.15) is 38.4 Å². The highest BCUT2D eigenvalue weighted by molar-refractivity contribution is 6.31. The van der Waals surface area contributed by atoms with Gasteiger partial charge in [-0.2, -0.15) is 0 Å². The highest BCUT2D eigenvalue weighted by Crippen LogP contribution is 2.28. The Morgan fingerprint density at radius 3 is 2.83 bits per heavy atom. The Kier molecular flexibility index (Phi) is 9.35. The van der Waals surface area contributed by atoms with Crippen LogP contribution in [0.25, 0.3) is 0 Å². The summed E-state index contributed by atoms with van der Waals surface area (Å²) in [4.78, 5) is 0. The summed E-state index contributed by atoms with van der Waals surface area (Å²) in [7, 11) is 0. The van der Waals surface area contributed by atoms with Crippen LogP contribution in [-0.2, 0) is 4.74 Å². The minimum absolute atomic E-state index is 0.268. The molecule has 0 spiro atoms. The van der Waals surface area contributed by atoms with Gasteiger partial charge in [-0.1, -0.05) is 31.2 Å². The molecule has 160 valence electrons. The maximum atomic E-state index is 13.5. The number of hydrogen-bond donors (Lipinski definition) is 4. The van der Waals surface area contributed by atoms with Gasteiger partial charge in [0.05, 0.1) is 0 Å². The fourth-order valence-electron chi connectivity index (χ4n) is 3.07. The average molecular weight is 423 g/mol. The van der Waals surface area contributed by atoms with E-state index in [1.165, 1.54) is 24.3 Å². The largest absolute Gasteiger partial charge is 0.482 e. The normalized spacial score (nSPS) is 18.1. The maximum Gasteiger partial charge on any atom is 0.159 e. The van der Waals surface area contributed by atoms with Crippen molar-refractivity contribution in [3.63, 3.8) is 0 Å². The van der Waals surface area contributed by atoms with E-state index >= 15 is 0 Å². The number of allylic oxidation sites excluding steroid dienone is 1. The maximum absolute atomic E-state index is 13.5. The number of benzene rings is 1. The Balaban J connectivity index is 1.87. The minimum Gasteiger partial charge on any atom is -0.482 e. The van der Waals surface area contributed by atoms with Crippen molar-refractivity contribution in [1.82, 2.24) is 16.0 Å². The van der Waals surface area contributed by atoms with Crippen molar-refractivity contribution in [1.29, 1.82) is 0 Å². The van der Waals surface area contributed by atoms with Gasteiger partial charge in [-0.25, -0.2) is 4.39 Å². The number of piperidine rings is 1. The van der Waals surface area contributed by atoms with Crippen molar-refractivity contribution >= 4 is 11.6 Å². The standard InChI is InChI=1S/C22H32ClFN4O/c1-4-21(29-16(3)19-13-17(24)5-6-20(19)23)22(25)28-14-15(2)7-12-27-18-8-10-26-11-9-18/h4-7,12-13,15-16,18,26-28H,1,8-11,14,25H2,2-3H3/b12-7-,22-21+. The number of nitrogens with two attached hydrogens (primary N) is 1. The molecule has 5 nitrogen and oxygen atoms in total. The number of ether oxygens (including phenoxy) is 1. The second kappa shape index (κ2) is 11.7. The molecule has 1 saturated heterocycles. The number of rotatable bonds is 10. The van der Waals surface area contributed by atoms with Gasteiger partial charge in [-0.3, -0.25) is 0 Å². The van der Waals surface area contributed by atoms with Crippen molar-refractivity contribution in [2.45, 2.75) is 38.8 Å². The van der Waals surface area contributed by atoms with Crippen LogP contribution in [0.3, 0.4) is 0 Å². The number of nitrogens with one attached hydrogen (secondary N) is 3. The highest BCUT2D eigenvalue weighted by Gasteiger charge is 2.15. The zero-order valence-electron chi connectivity index (χ0n) is 17.2. The van der Waals surface area contributed by atoms with E-state index in [4.69, 9.17) is 22.1 Å². The van der Waals surface area contributed by atoms with Crippen molar-refractivity contribution in [3.8, 4) is 0 Å². The first-order valence-corrected chi connectivity index (χ1v) is 10.4. The monoisotopic (exact) mass is 422 g/mol. The summed E-state index contributed by atoms with van der Waals surface area (Å²) >= 11 is 6.15. The lowest BCUT2D eigenvalue weighted by atomic mass is 10.1. The summed E-state index contributed by atoms with van der Waals surface area (Å²) in [5.74, 6) is 0.686. The van der Waals surface area contributed by atoms with Gasteiger partial charge < -0.3 is 26.4 Å². The minimum atomic E-state index is -0.474. The molecule has 7 heteroatoms. The van der Waals surface area contributed by atoms with E-state index in [-0.39, 0.29) is 11.7 Å². The lowest BCUT2D eigenvalue weighted by Crippen LogP contribution is -2.37.